The molecule has 1 aliphatic rings. The van der Waals surface area contributed by atoms with Gasteiger partial charge in [-0.2, -0.15) is 0 Å². The molecule has 0 saturated heterocycles. The molecule has 9 heteroatoms. The fourth-order valence-electron chi connectivity index (χ4n) is 2.87. The van der Waals surface area contributed by atoms with Gasteiger partial charge in [-0.15, -0.1) is 0 Å². The summed E-state index contributed by atoms with van der Waals surface area (Å²) in [6.07, 6.45) is 3.16. The molecule has 0 fully saturated rings. The molecule has 1 heterocycles. The summed E-state index contributed by atoms with van der Waals surface area (Å²) in [6.45, 7) is 0. The molecule has 0 saturated carbocycles. The minimum absolute atomic E-state index is 0.0185. The summed E-state index contributed by atoms with van der Waals surface area (Å²) in [6, 6.07) is 4.10. The van der Waals surface area contributed by atoms with Crippen molar-refractivity contribution in [1.82, 2.24) is 4.98 Å². The van der Waals surface area contributed by atoms with E-state index in [4.69, 9.17) is 4.74 Å². The van der Waals surface area contributed by atoms with Crippen molar-refractivity contribution < 1.29 is 26.7 Å². The van der Waals surface area contributed by atoms with Gasteiger partial charge in [-0.05, 0) is 39.7 Å². The normalized spacial score (nSPS) is 18.6. The van der Waals surface area contributed by atoms with E-state index >= 15 is 0 Å². The fraction of sp³-hybridized carbons (Fsp3) is 0.250. The van der Waals surface area contributed by atoms with Crippen LogP contribution in [0, 0.1) is 0 Å². The molecular weight excluding hydrogens is 420 g/mol. The van der Waals surface area contributed by atoms with Crippen LogP contribution in [0.15, 0.2) is 40.0 Å². The molecule has 1 aromatic heterocycles. The van der Waals surface area contributed by atoms with Gasteiger partial charge in [-0.25, -0.2) is 17.2 Å². The van der Waals surface area contributed by atoms with Crippen LogP contribution in [0.3, 0.4) is 0 Å². The van der Waals surface area contributed by atoms with Crippen molar-refractivity contribution in [1.29, 1.82) is 0 Å². The van der Waals surface area contributed by atoms with Gasteiger partial charge in [0.1, 0.15) is 23.7 Å². The minimum atomic E-state index is -3.79. The van der Waals surface area contributed by atoms with E-state index in [1.807, 2.05) is 0 Å². The number of carbonyl (C=O) groups is 1. The molecule has 132 valence electrons. The maximum absolute atomic E-state index is 14.3. The molecule has 1 atom stereocenters. The number of alkyl halides is 2. The predicted molar refractivity (Wildman–Crippen MR) is 89.0 cm³/mol. The first-order valence-electron chi connectivity index (χ1n) is 7.11. The van der Waals surface area contributed by atoms with Gasteiger partial charge in [0.25, 0.3) is 5.92 Å². The van der Waals surface area contributed by atoms with E-state index in [0.29, 0.717) is 10.2 Å². The zero-order valence-corrected chi connectivity index (χ0v) is 15.3. The smallest absolute Gasteiger partial charge is 0.265 e. The van der Waals surface area contributed by atoms with Gasteiger partial charge in [0, 0.05) is 28.9 Å². The van der Waals surface area contributed by atoms with E-state index in [1.165, 1.54) is 24.5 Å². The standard InChI is InChI=1S/C16H12BrF2NO4S/c1-25(22,23)14-3-2-13(24-10-4-9(17)6-20-7-10)11-5-16(18,19)12(8-21)15(11)14/h2-4,6-8,12H,5H2,1H3. The Balaban J connectivity index is 2.18. The van der Waals surface area contributed by atoms with E-state index < -0.39 is 28.1 Å². The Morgan fingerprint density at radius 2 is 2.08 bits per heavy atom. The number of rotatable bonds is 4. The number of fused-ring (bicyclic) bond motifs is 1. The first kappa shape index (κ1) is 17.9. The average Bonchev–Trinajstić information content (AvgIpc) is 2.76. The third-order valence-electron chi connectivity index (χ3n) is 3.90. The van der Waals surface area contributed by atoms with Crippen LogP contribution in [-0.2, 0) is 21.1 Å². The van der Waals surface area contributed by atoms with Gasteiger partial charge in [-0.1, -0.05) is 0 Å². The van der Waals surface area contributed by atoms with E-state index in [1.54, 1.807) is 6.07 Å². The molecule has 1 unspecified atom stereocenters. The third-order valence-corrected chi connectivity index (χ3v) is 5.48. The number of benzene rings is 1. The molecule has 25 heavy (non-hydrogen) atoms. The lowest BCUT2D eigenvalue weighted by Gasteiger charge is -2.15. The lowest BCUT2D eigenvalue weighted by Crippen LogP contribution is -2.23. The SMILES string of the molecule is CS(=O)(=O)c1ccc(Oc2cncc(Br)c2)c2c1C(C=O)C(F)(F)C2. The van der Waals surface area contributed by atoms with Crippen LogP contribution >= 0.6 is 15.9 Å². The van der Waals surface area contributed by atoms with Crippen molar-refractivity contribution in [3.05, 3.63) is 46.2 Å². The fourth-order valence-corrected chi connectivity index (χ4v) is 4.17. The highest BCUT2D eigenvalue weighted by Gasteiger charge is 2.51. The van der Waals surface area contributed by atoms with E-state index in [9.17, 15) is 22.0 Å². The topological polar surface area (TPSA) is 73.3 Å². The van der Waals surface area contributed by atoms with Crippen LogP contribution in [0.25, 0.3) is 0 Å². The first-order chi connectivity index (χ1) is 11.6. The summed E-state index contributed by atoms with van der Waals surface area (Å²) in [5, 5.41) is 0. The number of aromatic nitrogens is 1. The van der Waals surface area contributed by atoms with Crippen molar-refractivity contribution in [3.8, 4) is 11.5 Å². The van der Waals surface area contributed by atoms with Crippen molar-refractivity contribution in [2.24, 2.45) is 0 Å². The zero-order chi connectivity index (χ0) is 18.4. The van der Waals surface area contributed by atoms with Gasteiger partial charge in [-0.3, -0.25) is 4.98 Å². The number of ether oxygens (including phenoxy) is 1. The van der Waals surface area contributed by atoms with Crippen LogP contribution in [0.4, 0.5) is 8.78 Å². The maximum Gasteiger partial charge on any atom is 0.265 e. The van der Waals surface area contributed by atoms with Crippen molar-refractivity contribution >= 4 is 32.1 Å². The van der Waals surface area contributed by atoms with Crippen LogP contribution in [0.2, 0.25) is 0 Å². The number of sulfone groups is 1. The molecule has 0 N–H and O–H groups in total. The molecule has 0 bridgehead atoms. The number of pyridine rings is 1. The van der Waals surface area contributed by atoms with E-state index in [0.717, 1.165) is 6.26 Å². The summed E-state index contributed by atoms with van der Waals surface area (Å²) in [5.74, 6) is -4.83. The summed E-state index contributed by atoms with van der Waals surface area (Å²) in [5.41, 5.74) is -0.173. The van der Waals surface area contributed by atoms with Crippen molar-refractivity contribution in [2.75, 3.05) is 6.26 Å². The Hall–Kier alpha value is -1.87. The van der Waals surface area contributed by atoms with Crippen molar-refractivity contribution in [2.45, 2.75) is 23.2 Å². The first-order valence-corrected chi connectivity index (χ1v) is 9.79. The lowest BCUT2D eigenvalue weighted by atomic mass is 10.0. The molecule has 5 nitrogen and oxygen atoms in total. The third kappa shape index (κ3) is 3.30. The molecule has 0 spiro atoms. The monoisotopic (exact) mass is 431 g/mol. The number of hydrogen-bond acceptors (Lipinski definition) is 5. The highest BCUT2D eigenvalue weighted by molar-refractivity contribution is 9.10. The molecular formula is C16H12BrF2NO4S. The zero-order valence-electron chi connectivity index (χ0n) is 12.9. The van der Waals surface area contributed by atoms with Gasteiger partial charge >= 0.3 is 0 Å². The Bertz CT molecular complexity index is 963. The summed E-state index contributed by atoms with van der Waals surface area (Å²) in [7, 11) is -3.79. The van der Waals surface area contributed by atoms with Crippen LogP contribution in [-0.4, -0.2) is 31.9 Å². The average molecular weight is 432 g/mol. The molecule has 1 aromatic carbocycles. The quantitative estimate of drug-likeness (QED) is 0.692. The lowest BCUT2D eigenvalue weighted by molar-refractivity contribution is -0.116. The molecule has 2 aromatic rings. The second kappa shape index (κ2) is 6.14. The van der Waals surface area contributed by atoms with Crippen LogP contribution in [0.1, 0.15) is 17.0 Å². The molecule has 0 radical (unpaired) electrons. The van der Waals surface area contributed by atoms with Crippen LogP contribution < -0.4 is 4.74 Å². The number of carbonyl (C=O) groups excluding carboxylic acids is 1. The number of hydrogen-bond donors (Lipinski definition) is 0. The van der Waals surface area contributed by atoms with Crippen molar-refractivity contribution in [3.63, 3.8) is 0 Å². The second-order valence-electron chi connectivity index (χ2n) is 5.72. The minimum Gasteiger partial charge on any atom is -0.455 e. The summed E-state index contributed by atoms with van der Waals surface area (Å²) in [4.78, 5) is 14.9. The van der Waals surface area contributed by atoms with Gasteiger partial charge in [0.2, 0.25) is 0 Å². The second-order valence-corrected chi connectivity index (χ2v) is 8.62. The Morgan fingerprint density at radius 1 is 1.36 bits per heavy atom. The highest BCUT2D eigenvalue weighted by atomic mass is 79.9. The van der Waals surface area contributed by atoms with Gasteiger partial charge < -0.3 is 9.53 Å². The van der Waals surface area contributed by atoms with Gasteiger partial charge in [0.05, 0.1) is 11.1 Å². The summed E-state index contributed by atoms with van der Waals surface area (Å²) >= 11 is 3.23. The van der Waals surface area contributed by atoms with Gasteiger partial charge in [0.15, 0.2) is 9.84 Å². The highest BCUT2D eigenvalue weighted by Crippen LogP contribution is 2.50. The number of nitrogens with zero attached hydrogens (tertiary/aromatic N) is 1. The Kier molecular flexibility index (Phi) is 4.40. The van der Waals surface area contributed by atoms with E-state index in [-0.39, 0.29) is 28.1 Å². The van der Waals surface area contributed by atoms with Crippen LogP contribution in [0.5, 0.6) is 11.5 Å². The molecule has 0 amide bonds. The maximum atomic E-state index is 14.3. The Labute approximate surface area is 151 Å². The molecule has 1 aliphatic carbocycles. The largest absolute Gasteiger partial charge is 0.455 e. The van der Waals surface area contributed by atoms with E-state index in [2.05, 4.69) is 20.9 Å². The summed E-state index contributed by atoms with van der Waals surface area (Å²) < 4.78 is 58.7. The Morgan fingerprint density at radius 3 is 2.68 bits per heavy atom. The number of halogens is 3. The molecule has 3 rings (SSSR count). The number of aldehydes is 1. The molecule has 0 aliphatic heterocycles. The predicted octanol–water partition coefficient (Wildman–Crippen LogP) is 3.51.